The Bertz CT molecular complexity index is 830. The molecule has 2 aromatic rings. The van der Waals surface area contributed by atoms with Gasteiger partial charge < -0.3 is 14.2 Å². The average molecular weight is 412 g/mol. The zero-order valence-electron chi connectivity index (χ0n) is 15.1. The number of halogens is 3. The Morgan fingerprint density at radius 2 is 1.93 bits per heavy atom. The summed E-state index contributed by atoms with van der Waals surface area (Å²) >= 11 is 0. The van der Waals surface area contributed by atoms with Crippen LogP contribution in [0.15, 0.2) is 54.6 Å². The lowest BCUT2D eigenvalue weighted by Crippen LogP contribution is -2.31. The van der Waals surface area contributed by atoms with Gasteiger partial charge in [0.1, 0.15) is 12.6 Å². The van der Waals surface area contributed by atoms with Crippen molar-refractivity contribution >= 4 is 23.9 Å². The van der Waals surface area contributed by atoms with Crippen LogP contribution in [0.3, 0.4) is 0 Å². The van der Waals surface area contributed by atoms with Crippen LogP contribution in [-0.4, -0.2) is 32.3 Å². The molecule has 1 aliphatic rings. The van der Waals surface area contributed by atoms with Crippen molar-refractivity contribution in [3.63, 3.8) is 0 Å². The zero-order chi connectivity index (χ0) is 19.2. The Balaban J connectivity index is 0.00000280. The molecule has 0 spiro atoms. The minimum absolute atomic E-state index is 0. The van der Waals surface area contributed by atoms with Crippen molar-refractivity contribution in [2.45, 2.75) is 19.3 Å². The van der Waals surface area contributed by atoms with Gasteiger partial charge in [-0.3, -0.25) is 10.1 Å². The fraction of sp³-hybridized carbons (Fsp3) is 0.250. The highest BCUT2D eigenvalue weighted by molar-refractivity contribution is 5.85. The Hall–Kier alpha value is -2.64. The molecule has 1 heterocycles. The van der Waals surface area contributed by atoms with Gasteiger partial charge in [-0.05, 0) is 28.8 Å². The van der Waals surface area contributed by atoms with E-state index in [2.05, 4.69) is 10.1 Å². The van der Waals surface area contributed by atoms with Crippen LogP contribution in [0.5, 0.6) is 11.5 Å². The molecule has 0 aromatic heterocycles. The second kappa shape index (κ2) is 10.1. The van der Waals surface area contributed by atoms with Gasteiger partial charge in [0.25, 0.3) is 0 Å². The standard InChI is InChI=1S/C20H19F2NO4.ClH/c1-25-19(24)16-9-15(11-23-16)14-7-8-17(27-20(21)22)18(10-14)26-12-13-5-3-2-4-6-13;/h2-10,16,20,23H,11-12H2,1H3;1H/t16-;/m1./s1. The number of methoxy groups -OCH3 is 1. The maximum atomic E-state index is 12.7. The van der Waals surface area contributed by atoms with Crippen LogP contribution in [0.25, 0.3) is 5.57 Å². The van der Waals surface area contributed by atoms with Crippen molar-refractivity contribution in [2.75, 3.05) is 13.7 Å². The maximum Gasteiger partial charge on any atom is 0.387 e. The molecule has 150 valence electrons. The van der Waals surface area contributed by atoms with E-state index in [4.69, 9.17) is 9.47 Å². The number of carbonyl (C=O) groups is 1. The minimum Gasteiger partial charge on any atom is -0.485 e. The van der Waals surface area contributed by atoms with E-state index in [0.717, 1.165) is 16.7 Å². The number of alkyl halides is 2. The molecule has 0 saturated carbocycles. The lowest BCUT2D eigenvalue weighted by molar-refractivity contribution is -0.141. The molecule has 0 bridgehead atoms. The summed E-state index contributed by atoms with van der Waals surface area (Å²) in [5, 5.41) is 3.02. The van der Waals surface area contributed by atoms with Crippen molar-refractivity contribution in [2.24, 2.45) is 0 Å². The molecular weight excluding hydrogens is 392 g/mol. The van der Waals surface area contributed by atoms with Crippen molar-refractivity contribution in [3.05, 3.63) is 65.7 Å². The molecule has 0 saturated heterocycles. The van der Waals surface area contributed by atoms with E-state index in [1.165, 1.54) is 13.2 Å². The summed E-state index contributed by atoms with van der Waals surface area (Å²) in [6, 6.07) is 13.6. The monoisotopic (exact) mass is 411 g/mol. The number of nitrogens with one attached hydrogen (secondary N) is 1. The van der Waals surface area contributed by atoms with Crippen molar-refractivity contribution in [1.82, 2.24) is 5.32 Å². The first-order valence-electron chi connectivity index (χ1n) is 8.34. The molecule has 0 amide bonds. The Morgan fingerprint density at radius 1 is 1.18 bits per heavy atom. The van der Waals surface area contributed by atoms with E-state index in [0.29, 0.717) is 6.54 Å². The molecule has 0 aliphatic carbocycles. The predicted molar refractivity (Wildman–Crippen MR) is 103 cm³/mol. The third-order valence-electron chi connectivity index (χ3n) is 4.10. The van der Waals surface area contributed by atoms with Gasteiger partial charge >= 0.3 is 12.6 Å². The summed E-state index contributed by atoms with van der Waals surface area (Å²) in [6.45, 7) is -2.29. The van der Waals surface area contributed by atoms with Crippen LogP contribution >= 0.6 is 12.4 Å². The van der Waals surface area contributed by atoms with Gasteiger partial charge in [-0.2, -0.15) is 8.78 Å². The lowest BCUT2D eigenvalue weighted by atomic mass is 10.1. The average Bonchev–Trinajstić information content (AvgIpc) is 3.17. The Morgan fingerprint density at radius 3 is 2.61 bits per heavy atom. The summed E-state index contributed by atoms with van der Waals surface area (Å²) in [7, 11) is 1.32. The summed E-state index contributed by atoms with van der Waals surface area (Å²) < 4.78 is 40.4. The fourth-order valence-corrected chi connectivity index (χ4v) is 2.76. The molecule has 0 unspecified atom stereocenters. The SMILES string of the molecule is COC(=O)[C@H]1C=C(c2ccc(OC(F)F)c(OCc3ccccc3)c2)CN1.Cl. The molecule has 1 N–H and O–H groups in total. The second-order valence-electron chi connectivity index (χ2n) is 5.89. The molecular formula is C20H20ClF2NO4. The van der Waals surface area contributed by atoms with Crippen LogP contribution in [0.1, 0.15) is 11.1 Å². The first-order valence-corrected chi connectivity index (χ1v) is 8.34. The Kier molecular flexibility index (Phi) is 7.78. The number of ether oxygens (including phenoxy) is 3. The number of benzene rings is 2. The van der Waals surface area contributed by atoms with Crippen LogP contribution in [0.4, 0.5) is 8.78 Å². The third-order valence-corrected chi connectivity index (χ3v) is 4.10. The molecule has 0 radical (unpaired) electrons. The molecule has 0 fully saturated rings. The smallest absolute Gasteiger partial charge is 0.387 e. The highest BCUT2D eigenvalue weighted by Crippen LogP contribution is 2.33. The molecule has 1 aliphatic heterocycles. The maximum absolute atomic E-state index is 12.7. The molecule has 5 nitrogen and oxygen atoms in total. The van der Waals surface area contributed by atoms with E-state index in [9.17, 15) is 13.6 Å². The number of hydrogen-bond acceptors (Lipinski definition) is 5. The number of rotatable bonds is 7. The summed E-state index contributed by atoms with van der Waals surface area (Å²) in [5.74, 6) is -0.219. The largest absolute Gasteiger partial charge is 0.485 e. The fourth-order valence-electron chi connectivity index (χ4n) is 2.76. The number of hydrogen-bond donors (Lipinski definition) is 1. The molecule has 3 rings (SSSR count). The lowest BCUT2D eigenvalue weighted by Gasteiger charge is -2.14. The van der Waals surface area contributed by atoms with Gasteiger partial charge in [-0.25, -0.2) is 0 Å². The van der Waals surface area contributed by atoms with Crippen LogP contribution in [0.2, 0.25) is 0 Å². The summed E-state index contributed by atoms with van der Waals surface area (Å²) in [5.41, 5.74) is 2.50. The first-order chi connectivity index (χ1) is 13.1. The van der Waals surface area contributed by atoms with Crippen LogP contribution < -0.4 is 14.8 Å². The van der Waals surface area contributed by atoms with Crippen LogP contribution in [0, 0.1) is 0 Å². The molecule has 2 aromatic carbocycles. The molecule has 8 heteroatoms. The van der Waals surface area contributed by atoms with E-state index in [1.807, 2.05) is 30.3 Å². The summed E-state index contributed by atoms with van der Waals surface area (Å²) in [6.07, 6.45) is 1.75. The van der Waals surface area contributed by atoms with Gasteiger partial charge in [0.2, 0.25) is 0 Å². The first kappa shape index (κ1) is 21.7. The third kappa shape index (κ3) is 5.43. The summed E-state index contributed by atoms with van der Waals surface area (Å²) in [4.78, 5) is 11.6. The topological polar surface area (TPSA) is 56.8 Å². The second-order valence-corrected chi connectivity index (χ2v) is 5.89. The molecule has 28 heavy (non-hydrogen) atoms. The normalized spacial score (nSPS) is 15.6. The van der Waals surface area contributed by atoms with Gasteiger partial charge in [0, 0.05) is 6.54 Å². The van der Waals surface area contributed by atoms with Gasteiger partial charge in [0.05, 0.1) is 7.11 Å². The highest BCUT2D eigenvalue weighted by Gasteiger charge is 2.24. The highest BCUT2D eigenvalue weighted by atomic mass is 35.5. The van der Waals surface area contributed by atoms with E-state index < -0.39 is 12.7 Å². The number of carbonyl (C=O) groups excluding carboxylic acids is 1. The van der Waals surface area contributed by atoms with Crippen molar-refractivity contribution in [3.8, 4) is 11.5 Å². The van der Waals surface area contributed by atoms with Gasteiger partial charge in [-0.15, -0.1) is 12.4 Å². The zero-order valence-corrected chi connectivity index (χ0v) is 15.9. The minimum atomic E-state index is -2.95. The van der Waals surface area contributed by atoms with Crippen molar-refractivity contribution in [1.29, 1.82) is 0 Å². The van der Waals surface area contributed by atoms with E-state index >= 15 is 0 Å². The van der Waals surface area contributed by atoms with Crippen LogP contribution in [-0.2, 0) is 16.1 Å². The van der Waals surface area contributed by atoms with Gasteiger partial charge in [-0.1, -0.05) is 42.5 Å². The Labute approximate surface area is 167 Å². The van der Waals surface area contributed by atoms with E-state index in [1.54, 1.807) is 18.2 Å². The number of esters is 1. The van der Waals surface area contributed by atoms with Crippen molar-refractivity contribution < 1.29 is 27.8 Å². The van der Waals surface area contributed by atoms with E-state index in [-0.39, 0.29) is 36.5 Å². The predicted octanol–water partition coefficient (Wildman–Crippen LogP) is 3.82. The molecule has 1 atom stereocenters. The quantitative estimate of drug-likeness (QED) is 0.702. The van der Waals surface area contributed by atoms with Gasteiger partial charge in [0.15, 0.2) is 11.5 Å².